The summed E-state index contributed by atoms with van der Waals surface area (Å²) in [5.74, 6) is -0.643. The number of nitrogens with zero attached hydrogens (tertiary/aromatic N) is 2. The maximum Gasteiger partial charge on any atom is 0.469 e. The lowest BCUT2D eigenvalue weighted by Gasteiger charge is -2.15. The van der Waals surface area contributed by atoms with Crippen LogP contribution in [0.25, 0.3) is 0 Å². The summed E-state index contributed by atoms with van der Waals surface area (Å²) < 4.78 is 15.4. The third-order valence-electron chi connectivity index (χ3n) is 3.76. The fourth-order valence-corrected chi connectivity index (χ4v) is 2.77. The Morgan fingerprint density at radius 3 is 2.92 bits per heavy atom. The number of aromatic hydroxyl groups is 1. The van der Waals surface area contributed by atoms with Crippen molar-refractivity contribution in [2.45, 2.75) is 38.8 Å². The highest BCUT2D eigenvalue weighted by Gasteiger charge is 2.23. The molecule has 0 saturated carbocycles. The monoisotopic (exact) mass is 372 g/mol. The summed E-state index contributed by atoms with van der Waals surface area (Å²) >= 11 is 0. The number of aliphatic imine (C=N–C) groups is 1. The summed E-state index contributed by atoms with van der Waals surface area (Å²) in [6.07, 6.45) is 3.45. The molecule has 6 N–H and O–H groups in total. The Balaban J connectivity index is 2.37. The minimum atomic E-state index is -4.71. The van der Waals surface area contributed by atoms with Gasteiger partial charge < -0.3 is 25.9 Å². The van der Waals surface area contributed by atoms with E-state index in [9.17, 15) is 14.5 Å². The SMILES string of the molecule is Cc1ncc(COP(=O)(O)O)c(C(N)=N[C@@H]2CCCCNC2=O)c1O. The second kappa shape index (κ2) is 7.92. The molecular formula is C14H21N4O6P. The van der Waals surface area contributed by atoms with E-state index in [1.807, 2.05) is 0 Å². The van der Waals surface area contributed by atoms with Crippen LogP contribution in [0.5, 0.6) is 5.75 Å². The molecule has 0 aromatic carbocycles. The number of hydrogen-bond acceptors (Lipinski definition) is 6. The Bertz CT molecular complexity index is 732. The lowest BCUT2D eigenvalue weighted by molar-refractivity contribution is -0.121. The van der Waals surface area contributed by atoms with Crippen LogP contribution in [0.2, 0.25) is 0 Å². The van der Waals surface area contributed by atoms with Gasteiger partial charge >= 0.3 is 7.82 Å². The molecule has 1 aromatic rings. The highest BCUT2D eigenvalue weighted by atomic mass is 31.2. The van der Waals surface area contributed by atoms with Gasteiger partial charge in [0.1, 0.15) is 17.6 Å². The van der Waals surface area contributed by atoms with Crippen LogP contribution in [0.4, 0.5) is 0 Å². The summed E-state index contributed by atoms with van der Waals surface area (Å²) in [4.78, 5) is 37.8. The minimum absolute atomic E-state index is 0.0537. The van der Waals surface area contributed by atoms with Crippen LogP contribution in [0.1, 0.15) is 36.1 Å². The Morgan fingerprint density at radius 1 is 1.52 bits per heavy atom. The first-order valence-corrected chi connectivity index (χ1v) is 9.21. The van der Waals surface area contributed by atoms with Crippen LogP contribution in [0.3, 0.4) is 0 Å². The maximum absolute atomic E-state index is 12.0. The van der Waals surface area contributed by atoms with Crippen molar-refractivity contribution in [1.82, 2.24) is 10.3 Å². The second-order valence-electron chi connectivity index (χ2n) is 5.67. The first kappa shape index (κ1) is 19.3. The average molecular weight is 372 g/mol. The summed E-state index contributed by atoms with van der Waals surface area (Å²) in [7, 11) is -4.71. The van der Waals surface area contributed by atoms with E-state index < -0.39 is 20.5 Å². The van der Waals surface area contributed by atoms with Crippen LogP contribution in [0, 0.1) is 6.92 Å². The molecule has 1 atom stereocenters. The molecule has 1 fully saturated rings. The number of carbonyl (C=O) groups excluding carboxylic acids is 1. The molecule has 11 heteroatoms. The van der Waals surface area contributed by atoms with Crippen molar-refractivity contribution in [3.05, 3.63) is 23.0 Å². The molecule has 2 heterocycles. The second-order valence-corrected chi connectivity index (χ2v) is 6.91. The molecule has 25 heavy (non-hydrogen) atoms. The molecule has 10 nitrogen and oxygen atoms in total. The number of nitrogens with one attached hydrogen (secondary N) is 1. The number of aryl methyl sites for hydroxylation is 1. The van der Waals surface area contributed by atoms with Gasteiger partial charge in [-0.05, 0) is 26.2 Å². The number of amidine groups is 1. The molecule has 0 bridgehead atoms. The Labute approximate surface area is 144 Å². The molecule has 1 aliphatic heterocycles. The molecule has 1 aromatic heterocycles. The first-order valence-electron chi connectivity index (χ1n) is 7.68. The number of pyridine rings is 1. The number of nitrogens with two attached hydrogens (primary N) is 1. The van der Waals surface area contributed by atoms with Crippen molar-refractivity contribution in [2.24, 2.45) is 10.7 Å². The standard InChI is InChI=1S/C14H21N4O6P/c1-8-12(19)11(9(6-17-8)7-24-25(21,22)23)13(15)18-10-4-2-3-5-16-14(10)20/h6,10,19H,2-5,7H2,1H3,(H2,15,18)(H,16,20)(H2,21,22,23)/t10-/m1/s1. The van der Waals surface area contributed by atoms with E-state index in [1.54, 1.807) is 0 Å². The fourth-order valence-electron chi connectivity index (χ4n) is 2.46. The third-order valence-corrected chi connectivity index (χ3v) is 4.23. The fraction of sp³-hybridized carbons (Fsp3) is 0.500. The number of carbonyl (C=O) groups is 1. The molecule has 0 unspecified atom stereocenters. The lowest BCUT2D eigenvalue weighted by atomic mass is 10.1. The van der Waals surface area contributed by atoms with E-state index in [4.69, 9.17) is 15.5 Å². The van der Waals surface area contributed by atoms with Crippen molar-refractivity contribution >= 4 is 19.6 Å². The van der Waals surface area contributed by atoms with Gasteiger partial charge in [0.15, 0.2) is 0 Å². The van der Waals surface area contributed by atoms with Gasteiger partial charge in [-0.1, -0.05) is 0 Å². The van der Waals surface area contributed by atoms with E-state index in [2.05, 4.69) is 19.8 Å². The number of phosphoric acid groups is 1. The topological polar surface area (TPSA) is 167 Å². The number of phosphoric ester groups is 1. The van der Waals surface area contributed by atoms with Gasteiger partial charge in [0, 0.05) is 18.3 Å². The molecule has 1 saturated heterocycles. The van der Waals surface area contributed by atoms with Crippen molar-refractivity contribution < 1.29 is 28.8 Å². The van der Waals surface area contributed by atoms with Crippen LogP contribution >= 0.6 is 7.82 Å². The van der Waals surface area contributed by atoms with Gasteiger partial charge in [0.2, 0.25) is 5.91 Å². The van der Waals surface area contributed by atoms with Crippen LogP contribution < -0.4 is 11.1 Å². The van der Waals surface area contributed by atoms with Gasteiger partial charge in [0.05, 0.1) is 17.9 Å². The highest BCUT2D eigenvalue weighted by Crippen LogP contribution is 2.38. The quantitative estimate of drug-likeness (QED) is 0.275. The summed E-state index contributed by atoms with van der Waals surface area (Å²) in [5.41, 5.74) is 6.45. The zero-order valence-corrected chi connectivity index (χ0v) is 14.6. The van der Waals surface area contributed by atoms with E-state index in [1.165, 1.54) is 13.1 Å². The maximum atomic E-state index is 12.0. The molecule has 138 valence electrons. The normalized spacial score (nSPS) is 19.4. The van der Waals surface area contributed by atoms with E-state index in [-0.39, 0.29) is 34.3 Å². The molecule has 1 amide bonds. The summed E-state index contributed by atoms with van der Waals surface area (Å²) in [5, 5.41) is 13.0. The minimum Gasteiger partial charge on any atom is -0.505 e. The van der Waals surface area contributed by atoms with Gasteiger partial charge in [-0.25, -0.2) is 4.57 Å². The molecule has 1 aliphatic rings. The van der Waals surface area contributed by atoms with Crippen LogP contribution in [-0.2, 0) is 20.5 Å². The zero-order chi connectivity index (χ0) is 18.6. The van der Waals surface area contributed by atoms with Crippen molar-refractivity contribution in [3.63, 3.8) is 0 Å². The highest BCUT2D eigenvalue weighted by molar-refractivity contribution is 7.46. The lowest BCUT2D eigenvalue weighted by Crippen LogP contribution is -2.33. The van der Waals surface area contributed by atoms with Gasteiger partial charge in [0.25, 0.3) is 0 Å². The number of hydrogen-bond donors (Lipinski definition) is 5. The molecule has 0 spiro atoms. The smallest absolute Gasteiger partial charge is 0.469 e. The largest absolute Gasteiger partial charge is 0.505 e. The molecule has 2 rings (SSSR count). The van der Waals surface area contributed by atoms with Crippen LogP contribution in [-0.4, -0.2) is 44.2 Å². The number of aromatic nitrogens is 1. The summed E-state index contributed by atoms with van der Waals surface area (Å²) in [6, 6.07) is -0.689. The summed E-state index contributed by atoms with van der Waals surface area (Å²) in [6.45, 7) is 1.59. The Hall–Kier alpha value is -2.00. The van der Waals surface area contributed by atoms with Gasteiger partial charge in [-0.2, -0.15) is 0 Å². The van der Waals surface area contributed by atoms with E-state index >= 15 is 0 Å². The van der Waals surface area contributed by atoms with Crippen molar-refractivity contribution in [3.8, 4) is 5.75 Å². The molecular weight excluding hydrogens is 351 g/mol. The number of rotatable bonds is 5. The van der Waals surface area contributed by atoms with E-state index in [0.717, 1.165) is 12.8 Å². The first-order chi connectivity index (χ1) is 11.7. The van der Waals surface area contributed by atoms with Crippen molar-refractivity contribution in [2.75, 3.05) is 6.54 Å². The van der Waals surface area contributed by atoms with E-state index in [0.29, 0.717) is 13.0 Å². The predicted molar refractivity (Wildman–Crippen MR) is 88.8 cm³/mol. The molecule has 0 aliphatic carbocycles. The Kier molecular flexibility index (Phi) is 6.12. The predicted octanol–water partition coefficient (Wildman–Crippen LogP) is 0.0789. The average Bonchev–Trinajstić information content (AvgIpc) is 2.72. The van der Waals surface area contributed by atoms with Gasteiger partial charge in [-0.15, -0.1) is 0 Å². The zero-order valence-electron chi connectivity index (χ0n) is 13.7. The number of amides is 1. The molecule has 0 radical (unpaired) electrons. The van der Waals surface area contributed by atoms with Crippen molar-refractivity contribution in [1.29, 1.82) is 0 Å². The third kappa shape index (κ3) is 5.23. The van der Waals surface area contributed by atoms with Crippen LogP contribution in [0.15, 0.2) is 11.2 Å². The Morgan fingerprint density at radius 2 is 2.24 bits per heavy atom. The van der Waals surface area contributed by atoms with Gasteiger partial charge in [-0.3, -0.25) is 19.3 Å².